The van der Waals surface area contributed by atoms with Gasteiger partial charge < -0.3 is 4.42 Å². The van der Waals surface area contributed by atoms with Crippen molar-refractivity contribution in [3.8, 4) is 56.4 Å². The summed E-state index contributed by atoms with van der Waals surface area (Å²) in [5.41, 5.74) is 6.65. The Labute approximate surface area is 277 Å². The second-order valence-electron chi connectivity index (χ2n) is 11.3. The maximum atomic E-state index is 9.05. The predicted octanol–water partition coefficient (Wildman–Crippen LogP) is 11.3. The minimum Gasteiger partial charge on any atom is -0.456 e. The van der Waals surface area contributed by atoms with Crippen molar-refractivity contribution >= 4 is 32.7 Å². The van der Waals surface area contributed by atoms with Crippen LogP contribution in [0, 0.1) is 0 Å². The first-order valence-electron chi connectivity index (χ1n) is 17.4. The molecule has 0 atom stereocenters. The molecule has 0 saturated heterocycles. The van der Waals surface area contributed by atoms with Gasteiger partial charge in [0.2, 0.25) is 0 Å². The third-order valence-corrected chi connectivity index (χ3v) is 8.45. The molecule has 0 aliphatic heterocycles. The highest BCUT2D eigenvalue weighted by Gasteiger charge is 2.17. The molecule has 220 valence electrons. The highest BCUT2D eigenvalue weighted by atomic mass is 16.3. The summed E-state index contributed by atoms with van der Waals surface area (Å²) in [5, 5.41) is 3.04. The van der Waals surface area contributed by atoms with E-state index in [0.717, 1.165) is 44.2 Å². The third-order valence-electron chi connectivity index (χ3n) is 8.45. The van der Waals surface area contributed by atoms with Crippen LogP contribution in [-0.4, -0.2) is 15.0 Å². The average Bonchev–Trinajstić information content (AvgIpc) is 3.55. The van der Waals surface area contributed by atoms with Gasteiger partial charge in [0.05, 0.1) is 5.48 Å². The van der Waals surface area contributed by atoms with Crippen LogP contribution >= 0.6 is 0 Å². The molecule has 4 heteroatoms. The van der Waals surface area contributed by atoms with Crippen molar-refractivity contribution in [2.24, 2.45) is 0 Å². The van der Waals surface area contributed by atoms with Gasteiger partial charge in [-0.15, -0.1) is 0 Å². The summed E-state index contributed by atoms with van der Waals surface area (Å²) in [6, 6.07) is 45.2. The molecule has 0 saturated carbocycles. The first-order chi connectivity index (χ1) is 24.9. The van der Waals surface area contributed by atoms with Crippen molar-refractivity contribution in [2.75, 3.05) is 0 Å². The van der Waals surface area contributed by atoms with Gasteiger partial charge in [-0.2, -0.15) is 0 Å². The van der Waals surface area contributed by atoms with E-state index in [1.54, 1.807) is 6.07 Å². The number of para-hydroxylation sites is 1. The molecule has 0 unspecified atom stereocenters. The van der Waals surface area contributed by atoms with Crippen molar-refractivity contribution in [1.29, 1.82) is 0 Å². The normalized spacial score (nSPS) is 12.6. The fourth-order valence-corrected chi connectivity index (χ4v) is 6.26. The number of nitrogens with zero attached hydrogens (tertiary/aromatic N) is 3. The lowest BCUT2D eigenvalue weighted by Crippen LogP contribution is -2.00. The number of aromatic nitrogens is 3. The lowest BCUT2D eigenvalue weighted by molar-refractivity contribution is 0.669. The zero-order chi connectivity index (χ0) is 34.6. The number of hydrogen-bond acceptors (Lipinski definition) is 4. The molecule has 2 aromatic heterocycles. The van der Waals surface area contributed by atoms with Gasteiger partial charge in [0.25, 0.3) is 0 Å². The predicted molar refractivity (Wildman–Crippen MR) is 192 cm³/mol. The molecule has 0 aliphatic carbocycles. The summed E-state index contributed by atoms with van der Waals surface area (Å²) in [6.45, 7) is 0. The van der Waals surface area contributed by atoms with Crippen molar-refractivity contribution < 1.29 is 9.90 Å². The molecule has 0 spiro atoms. The van der Waals surface area contributed by atoms with Crippen molar-refractivity contribution in [3.05, 3.63) is 164 Å². The fourth-order valence-electron chi connectivity index (χ4n) is 6.26. The monoisotopic (exact) mass is 605 g/mol. The van der Waals surface area contributed by atoms with Crippen molar-refractivity contribution in [3.63, 3.8) is 0 Å². The minimum atomic E-state index is 0.0720. The number of hydrogen-bond donors (Lipinski definition) is 0. The number of furan rings is 1. The Morgan fingerprint density at radius 2 is 0.979 bits per heavy atom. The molecule has 0 bridgehead atoms. The lowest BCUT2D eigenvalue weighted by Gasteiger charge is -2.14. The summed E-state index contributed by atoms with van der Waals surface area (Å²) in [6.07, 6.45) is 0. The van der Waals surface area contributed by atoms with Crippen LogP contribution in [0.1, 0.15) is 5.48 Å². The maximum Gasteiger partial charge on any atom is 0.164 e. The summed E-state index contributed by atoms with van der Waals surface area (Å²) >= 11 is 0. The van der Waals surface area contributed by atoms with Crippen LogP contribution in [0.25, 0.3) is 89.1 Å². The molecule has 0 N–H and O–H groups in total. The van der Waals surface area contributed by atoms with Gasteiger partial charge in [-0.1, -0.05) is 146 Å². The molecule has 0 radical (unpaired) electrons. The molecule has 0 aliphatic rings. The second-order valence-corrected chi connectivity index (χ2v) is 11.3. The molecule has 47 heavy (non-hydrogen) atoms. The quantitative estimate of drug-likeness (QED) is 0.196. The van der Waals surface area contributed by atoms with Crippen LogP contribution in [-0.2, 0) is 0 Å². The van der Waals surface area contributed by atoms with Crippen LogP contribution < -0.4 is 0 Å². The zero-order valence-corrected chi connectivity index (χ0v) is 25.0. The Balaban J connectivity index is 1.22. The first-order valence-corrected chi connectivity index (χ1v) is 15.4. The molecule has 2 heterocycles. The van der Waals surface area contributed by atoms with E-state index in [-0.39, 0.29) is 24.2 Å². The zero-order valence-electron chi connectivity index (χ0n) is 29.0. The molecular formula is C43H27N3O. The Morgan fingerprint density at radius 1 is 0.404 bits per heavy atom. The molecule has 9 aromatic rings. The van der Waals surface area contributed by atoms with E-state index >= 15 is 0 Å². The third kappa shape index (κ3) is 4.75. The second kappa shape index (κ2) is 11.2. The van der Waals surface area contributed by atoms with Crippen LogP contribution in [0.15, 0.2) is 168 Å². The molecular weight excluding hydrogens is 574 g/mol. The van der Waals surface area contributed by atoms with E-state index in [1.807, 2.05) is 97.1 Å². The Bertz CT molecular complexity index is 2740. The smallest absolute Gasteiger partial charge is 0.164 e. The van der Waals surface area contributed by atoms with Crippen molar-refractivity contribution in [2.45, 2.75) is 0 Å². The van der Waals surface area contributed by atoms with Crippen LogP contribution in [0.2, 0.25) is 0 Å². The maximum absolute atomic E-state index is 9.05. The van der Waals surface area contributed by atoms with Gasteiger partial charge in [-0.05, 0) is 51.2 Å². The van der Waals surface area contributed by atoms with E-state index in [1.165, 1.54) is 12.1 Å². The van der Waals surface area contributed by atoms with E-state index in [0.29, 0.717) is 45.0 Å². The Morgan fingerprint density at radius 3 is 1.70 bits per heavy atom. The largest absolute Gasteiger partial charge is 0.456 e. The van der Waals surface area contributed by atoms with E-state index in [2.05, 4.69) is 24.3 Å². The highest BCUT2D eigenvalue weighted by Crippen LogP contribution is 2.42. The Hall–Kier alpha value is -6.39. The highest BCUT2D eigenvalue weighted by molar-refractivity contribution is 6.16. The van der Waals surface area contributed by atoms with Gasteiger partial charge in [0.15, 0.2) is 17.5 Å². The van der Waals surface area contributed by atoms with Crippen molar-refractivity contribution in [1.82, 2.24) is 15.0 Å². The molecule has 0 fully saturated rings. The summed E-state index contributed by atoms with van der Waals surface area (Å²) < 4.78 is 40.5. The van der Waals surface area contributed by atoms with Gasteiger partial charge >= 0.3 is 0 Å². The lowest BCUT2D eigenvalue weighted by atomic mass is 9.90. The topological polar surface area (TPSA) is 51.8 Å². The van der Waals surface area contributed by atoms with Crippen LogP contribution in [0.5, 0.6) is 0 Å². The fraction of sp³-hybridized carbons (Fsp3) is 0. The van der Waals surface area contributed by atoms with Crippen LogP contribution in [0.4, 0.5) is 0 Å². The first kappa shape index (κ1) is 23.0. The summed E-state index contributed by atoms with van der Waals surface area (Å²) in [4.78, 5) is 14.7. The molecule has 4 nitrogen and oxygen atoms in total. The van der Waals surface area contributed by atoms with Gasteiger partial charge in [-0.3, -0.25) is 0 Å². The number of fused-ring (bicyclic) bond motifs is 4. The summed E-state index contributed by atoms with van der Waals surface area (Å²) in [5.74, 6) is 1.76. The summed E-state index contributed by atoms with van der Waals surface area (Å²) in [7, 11) is 0. The average molecular weight is 606 g/mol. The molecule has 9 rings (SSSR count). The minimum absolute atomic E-state index is 0.0720. The molecule has 0 amide bonds. The Kier molecular flexibility index (Phi) is 5.49. The SMILES string of the molecule is [2H]c1cc([2H])c2oc3c([2H])cc([2H])c(-c4ccc(-c5cccc(-c6nc(-c7ccccc7)nc(-c7ccccc7)n6)c5)c5ccccc45)c3c2c1. The number of rotatable bonds is 5. The van der Waals surface area contributed by atoms with Gasteiger partial charge in [0.1, 0.15) is 11.2 Å². The number of benzene rings is 7. The molecule has 7 aromatic carbocycles. The standard InChI is InChI=1S/C43H27N3O/c1-3-13-28(14-4-1)41-44-42(29-15-5-2-6-16-29)46-43(45-41)31-18-11-17-30(27-31)32-25-26-35(34-20-8-7-19-33(32)34)36-22-12-24-39-40(36)37-21-9-10-23-38(37)47-39/h1-27H/i9D,22D,23D,24D. The van der Waals surface area contributed by atoms with Gasteiger partial charge in [0, 0.05) is 27.5 Å². The van der Waals surface area contributed by atoms with Crippen LogP contribution in [0.3, 0.4) is 0 Å². The van der Waals surface area contributed by atoms with E-state index in [9.17, 15) is 0 Å². The van der Waals surface area contributed by atoms with E-state index in [4.69, 9.17) is 24.9 Å². The van der Waals surface area contributed by atoms with E-state index < -0.39 is 0 Å². The van der Waals surface area contributed by atoms with Gasteiger partial charge in [-0.25, -0.2) is 15.0 Å².